The van der Waals surface area contributed by atoms with Crippen LogP contribution in [-0.4, -0.2) is 17.6 Å². The van der Waals surface area contributed by atoms with Gasteiger partial charge < -0.3 is 10.6 Å². The minimum absolute atomic E-state index is 0.522. The summed E-state index contributed by atoms with van der Waals surface area (Å²) >= 11 is 0. The van der Waals surface area contributed by atoms with Crippen molar-refractivity contribution >= 4 is 22.1 Å². The van der Waals surface area contributed by atoms with Crippen LogP contribution in [0.5, 0.6) is 0 Å². The first kappa shape index (κ1) is 14.6. The lowest BCUT2D eigenvalue weighted by atomic mass is 10.1. The Labute approximate surface area is 121 Å². The van der Waals surface area contributed by atoms with E-state index in [9.17, 15) is 0 Å². The number of nitrogens with zero attached hydrogens (tertiary/aromatic N) is 2. The third-order valence-corrected chi connectivity index (χ3v) is 4.01. The Kier molecular flexibility index (Phi) is 4.83. The predicted molar refractivity (Wildman–Crippen MR) is 88.2 cm³/mol. The molecule has 2 rings (SSSR count). The predicted octanol–water partition coefficient (Wildman–Crippen LogP) is 4.22. The maximum absolute atomic E-state index is 6.09. The van der Waals surface area contributed by atoms with Crippen LogP contribution < -0.4 is 10.6 Å². The van der Waals surface area contributed by atoms with Crippen LogP contribution in [0.1, 0.15) is 40.0 Å². The van der Waals surface area contributed by atoms with Gasteiger partial charge in [-0.15, -0.1) is 0 Å². The van der Waals surface area contributed by atoms with Crippen molar-refractivity contribution in [2.75, 3.05) is 17.2 Å². The second-order valence-corrected chi connectivity index (χ2v) is 5.40. The Balaban J connectivity index is 2.50. The van der Waals surface area contributed by atoms with Crippen molar-refractivity contribution in [3.8, 4) is 0 Å². The van der Waals surface area contributed by atoms with Crippen molar-refractivity contribution < 1.29 is 0 Å². The number of nitrogens with two attached hydrogens (primary N) is 1. The number of fused-ring (bicyclic) bond motifs is 1. The van der Waals surface area contributed by atoms with E-state index in [0.29, 0.717) is 6.04 Å². The second-order valence-electron chi connectivity index (χ2n) is 5.40. The molecule has 3 heteroatoms. The van der Waals surface area contributed by atoms with Gasteiger partial charge in [0.25, 0.3) is 0 Å². The van der Waals surface area contributed by atoms with E-state index in [1.807, 2.05) is 24.5 Å². The number of unbranched alkanes of at least 4 members (excludes halogenated alkanes) is 1. The molecule has 1 atom stereocenters. The van der Waals surface area contributed by atoms with Crippen LogP contribution in [0.25, 0.3) is 10.8 Å². The van der Waals surface area contributed by atoms with Crippen LogP contribution in [0.2, 0.25) is 0 Å². The Morgan fingerprint density at radius 3 is 2.70 bits per heavy atom. The number of hydrogen-bond acceptors (Lipinski definition) is 3. The summed E-state index contributed by atoms with van der Waals surface area (Å²) in [5.74, 6) is 0. The van der Waals surface area contributed by atoms with Crippen molar-refractivity contribution in [1.82, 2.24) is 4.98 Å². The maximum Gasteiger partial charge on any atom is 0.0465 e. The van der Waals surface area contributed by atoms with E-state index < -0.39 is 0 Å². The molecule has 0 saturated carbocycles. The average molecular weight is 271 g/mol. The fourth-order valence-corrected chi connectivity index (χ4v) is 2.58. The van der Waals surface area contributed by atoms with Crippen molar-refractivity contribution in [3.63, 3.8) is 0 Å². The third kappa shape index (κ3) is 2.87. The van der Waals surface area contributed by atoms with Crippen molar-refractivity contribution in [2.24, 2.45) is 0 Å². The fourth-order valence-electron chi connectivity index (χ4n) is 2.58. The van der Waals surface area contributed by atoms with Gasteiger partial charge in [-0.3, -0.25) is 4.98 Å². The lowest BCUT2D eigenvalue weighted by molar-refractivity contribution is 0.597. The highest BCUT2D eigenvalue weighted by atomic mass is 15.2. The zero-order valence-corrected chi connectivity index (χ0v) is 12.8. The van der Waals surface area contributed by atoms with E-state index in [2.05, 4.69) is 36.7 Å². The number of anilines is 2. The topological polar surface area (TPSA) is 42.1 Å². The number of hydrogen-bond donors (Lipinski definition) is 1. The molecule has 0 fully saturated rings. The van der Waals surface area contributed by atoms with Gasteiger partial charge in [-0.25, -0.2) is 0 Å². The standard InChI is InChI=1S/C17H25N3/c1-4-6-11-20(13(3)5-2)17-8-7-16(18)14-9-10-19-12-15(14)17/h7-10,12-13H,4-6,11,18H2,1-3H3. The summed E-state index contributed by atoms with van der Waals surface area (Å²) in [6.45, 7) is 7.84. The highest BCUT2D eigenvalue weighted by molar-refractivity contribution is 6.00. The summed E-state index contributed by atoms with van der Waals surface area (Å²) in [5.41, 5.74) is 8.17. The number of aromatic nitrogens is 1. The molecule has 2 N–H and O–H groups in total. The lowest BCUT2D eigenvalue weighted by Gasteiger charge is -2.32. The molecule has 0 aliphatic heterocycles. The normalized spacial score (nSPS) is 12.6. The first-order valence-corrected chi connectivity index (χ1v) is 7.57. The fraction of sp³-hybridized carbons (Fsp3) is 0.471. The van der Waals surface area contributed by atoms with Crippen LogP contribution in [0.15, 0.2) is 30.6 Å². The van der Waals surface area contributed by atoms with Gasteiger partial charge in [0.1, 0.15) is 0 Å². The Morgan fingerprint density at radius 1 is 1.20 bits per heavy atom. The van der Waals surface area contributed by atoms with Gasteiger partial charge in [0.15, 0.2) is 0 Å². The molecule has 0 radical (unpaired) electrons. The minimum atomic E-state index is 0.522. The van der Waals surface area contributed by atoms with E-state index >= 15 is 0 Å². The van der Waals surface area contributed by atoms with E-state index in [1.165, 1.54) is 18.5 Å². The van der Waals surface area contributed by atoms with Crippen LogP contribution in [0.4, 0.5) is 11.4 Å². The third-order valence-electron chi connectivity index (χ3n) is 4.01. The largest absolute Gasteiger partial charge is 0.398 e. The molecule has 0 aliphatic carbocycles. The molecule has 0 saturated heterocycles. The molecular weight excluding hydrogens is 246 g/mol. The van der Waals surface area contributed by atoms with Gasteiger partial charge >= 0.3 is 0 Å². The highest BCUT2D eigenvalue weighted by Crippen LogP contribution is 2.32. The SMILES string of the molecule is CCCCN(c1ccc(N)c2ccncc12)C(C)CC. The summed E-state index contributed by atoms with van der Waals surface area (Å²) in [5, 5.41) is 2.26. The Bertz CT molecular complexity index is 565. The molecule has 1 aromatic carbocycles. The molecule has 0 amide bonds. The molecule has 2 aromatic rings. The molecule has 1 unspecified atom stereocenters. The monoisotopic (exact) mass is 271 g/mol. The average Bonchev–Trinajstić information content (AvgIpc) is 2.49. The van der Waals surface area contributed by atoms with Gasteiger partial charge in [-0.1, -0.05) is 20.3 Å². The summed E-state index contributed by atoms with van der Waals surface area (Å²) < 4.78 is 0. The lowest BCUT2D eigenvalue weighted by Crippen LogP contribution is -2.33. The van der Waals surface area contributed by atoms with Crippen molar-refractivity contribution in [2.45, 2.75) is 46.1 Å². The van der Waals surface area contributed by atoms with Gasteiger partial charge in [0, 0.05) is 47.1 Å². The van der Waals surface area contributed by atoms with Crippen LogP contribution >= 0.6 is 0 Å². The molecule has 108 valence electrons. The number of nitrogen functional groups attached to an aromatic ring is 1. The molecule has 0 spiro atoms. The van der Waals surface area contributed by atoms with E-state index in [0.717, 1.165) is 29.4 Å². The molecule has 3 nitrogen and oxygen atoms in total. The number of pyridine rings is 1. The van der Waals surface area contributed by atoms with Crippen molar-refractivity contribution in [1.29, 1.82) is 0 Å². The molecule has 0 bridgehead atoms. The number of rotatable bonds is 6. The summed E-state index contributed by atoms with van der Waals surface area (Å²) in [7, 11) is 0. The second kappa shape index (κ2) is 6.60. The van der Waals surface area contributed by atoms with Crippen LogP contribution in [0, 0.1) is 0 Å². The number of benzene rings is 1. The van der Waals surface area contributed by atoms with E-state index in [1.54, 1.807) is 0 Å². The highest BCUT2D eigenvalue weighted by Gasteiger charge is 2.15. The van der Waals surface area contributed by atoms with E-state index in [-0.39, 0.29) is 0 Å². The van der Waals surface area contributed by atoms with Gasteiger partial charge in [-0.05, 0) is 38.0 Å². The zero-order chi connectivity index (χ0) is 14.5. The van der Waals surface area contributed by atoms with Gasteiger partial charge in [0.2, 0.25) is 0 Å². The van der Waals surface area contributed by atoms with Crippen LogP contribution in [0.3, 0.4) is 0 Å². The smallest absolute Gasteiger partial charge is 0.0465 e. The summed E-state index contributed by atoms with van der Waals surface area (Å²) in [6.07, 6.45) is 7.29. The van der Waals surface area contributed by atoms with Gasteiger partial charge in [-0.2, -0.15) is 0 Å². The minimum Gasteiger partial charge on any atom is -0.398 e. The maximum atomic E-state index is 6.09. The summed E-state index contributed by atoms with van der Waals surface area (Å²) in [4.78, 5) is 6.77. The first-order chi connectivity index (χ1) is 9.69. The van der Waals surface area contributed by atoms with Gasteiger partial charge in [0.05, 0.1) is 0 Å². The Hall–Kier alpha value is -1.77. The molecule has 20 heavy (non-hydrogen) atoms. The molecule has 0 aliphatic rings. The van der Waals surface area contributed by atoms with E-state index in [4.69, 9.17) is 5.73 Å². The molecular formula is C17H25N3. The Morgan fingerprint density at radius 2 is 2.00 bits per heavy atom. The van der Waals surface area contributed by atoms with Crippen molar-refractivity contribution in [3.05, 3.63) is 30.6 Å². The quantitative estimate of drug-likeness (QED) is 0.800. The zero-order valence-electron chi connectivity index (χ0n) is 12.8. The summed E-state index contributed by atoms with van der Waals surface area (Å²) in [6, 6.07) is 6.68. The first-order valence-electron chi connectivity index (χ1n) is 7.57. The van der Waals surface area contributed by atoms with Crippen LogP contribution in [-0.2, 0) is 0 Å². The molecule has 1 heterocycles. The molecule has 1 aromatic heterocycles.